The van der Waals surface area contributed by atoms with E-state index >= 15 is 0 Å². The van der Waals surface area contributed by atoms with Gasteiger partial charge in [-0.1, -0.05) is 17.8 Å². The Morgan fingerprint density at radius 1 is 1.47 bits per heavy atom. The van der Waals surface area contributed by atoms with E-state index in [1.165, 1.54) is 22.5 Å². The molecule has 1 aromatic heterocycles. The van der Waals surface area contributed by atoms with Crippen molar-refractivity contribution < 1.29 is 5.11 Å². The molecule has 0 fully saturated rings. The zero-order valence-electron chi connectivity index (χ0n) is 10.1. The van der Waals surface area contributed by atoms with Crippen LogP contribution in [0.3, 0.4) is 0 Å². The van der Waals surface area contributed by atoms with Crippen molar-refractivity contribution in [3.05, 3.63) is 44.5 Å². The molecule has 0 spiro atoms. The molecule has 19 heavy (non-hydrogen) atoms. The number of rotatable bonds is 3. The third-order valence-electron chi connectivity index (χ3n) is 2.41. The van der Waals surface area contributed by atoms with Crippen molar-refractivity contribution in [2.45, 2.75) is 10.9 Å². The van der Waals surface area contributed by atoms with Crippen molar-refractivity contribution >= 4 is 17.4 Å². The fraction of sp³-hybridized carbons (Fsp3) is 0.182. The van der Waals surface area contributed by atoms with Gasteiger partial charge in [0, 0.05) is 12.8 Å². The van der Waals surface area contributed by atoms with Crippen LogP contribution in [0.4, 0.5) is 5.69 Å². The molecule has 0 saturated heterocycles. The van der Waals surface area contributed by atoms with E-state index in [-0.39, 0.29) is 5.75 Å². The van der Waals surface area contributed by atoms with Crippen LogP contribution in [-0.2, 0) is 12.8 Å². The molecule has 0 atom stereocenters. The van der Waals surface area contributed by atoms with Gasteiger partial charge < -0.3 is 10.8 Å². The smallest absolute Gasteiger partial charge is 0.339 e. The molecule has 2 aromatic rings. The van der Waals surface area contributed by atoms with E-state index in [0.717, 1.165) is 5.56 Å². The Morgan fingerprint density at radius 2 is 2.21 bits per heavy atom. The lowest BCUT2D eigenvalue weighted by atomic mass is 10.2. The highest BCUT2D eigenvalue weighted by molar-refractivity contribution is 7.98. The molecule has 0 unspecified atom stereocenters. The molecular weight excluding hydrogens is 268 g/mol. The largest absolute Gasteiger partial charge is 0.506 e. The monoisotopic (exact) mass is 280 g/mol. The Morgan fingerprint density at radius 3 is 2.89 bits per heavy atom. The summed E-state index contributed by atoms with van der Waals surface area (Å²) in [6.07, 6.45) is 0. The third-order valence-corrected chi connectivity index (χ3v) is 3.51. The number of phenolic OH excluding ortho intramolecular Hbond substituents is 1. The molecule has 100 valence electrons. The number of thioether (sulfide) groups is 1. The van der Waals surface area contributed by atoms with Gasteiger partial charge in [0.2, 0.25) is 0 Å². The van der Waals surface area contributed by atoms with Crippen LogP contribution in [0.1, 0.15) is 5.56 Å². The molecular formula is C11H12N4O3S. The number of nitrogens with two attached hydrogens (primary N) is 1. The Hall–Kier alpha value is -2.22. The first-order chi connectivity index (χ1) is 8.97. The van der Waals surface area contributed by atoms with E-state index in [4.69, 9.17) is 5.73 Å². The summed E-state index contributed by atoms with van der Waals surface area (Å²) in [5.74, 6) is 0.542. The number of aromatic amines is 1. The molecule has 0 bridgehead atoms. The molecule has 0 aliphatic heterocycles. The molecule has 0 radical (unpaired) electrons. The highest BCUT2D eigenvalue weighted by atomic mass is 32.2. The Kier molecular flexibility index (Phi) is 3.61. The van der Waals surface area contributed by atoms with Crippen molar-refractivity contribution in [1.82, 2.24) is 14.8 Å². The fourth-order valence-corrected chi connectivity index (χ4v) is 2.29. The van der Waals surface area contributed by atoms with E-state index in [0.29, 0.717) is 16.6 Å². The normalized spacial score (nSPS) is 10.6. The predicted octanol–water partition coefficient (Wildman–Crippen LogP) is 0.0487. The van der Waals surface area contributed by atoms with E-state index < -0.39 is 11.1 Å². The summed E-state index contributed by atoms with van der Waals surface area (Å²) in [5, 5.41) is 12.1. The van der Waals surface area contributed by atoms with Crippen LogP contribution >= 0.6 is 11.8 Å². The number of nitrogens with one attached hydrogen (secondary N) is 1. The van der Waals surface area contributed by atoms with Crippen LogP contribution in [0.5, 0.6) is 5.75 Å². The van der Waals surface area contributed by atoms with Gasteiger partial charge in [-0.2, -0.15) is 4.98 Å². The van der Waals surface area contributed by atoms with Crippen LogP contribution in [0.25, 0.3) is 0 Å². The number of nitrogens with zero attached hydrogens (tertiary/aromatic N) is 2. The molecule has 0 amide bonds. The molecule has 7 nitrogen and oxygen atoms in total. The summed E-state index contributed by atoms with van der Waals surface area (Å²) in [5.41, 5.74) is 5.19. The first-order valence-electron chi connectivity index (χ1n) is 5.35. The maximum atomic E-state index is 11.2. The Bertz CT molecular complexity index is 723. The number of aromatic nitrogens is 3. The summed E-state index contributed by atoms with van der Waals surface area (Å²) < 4.78 is 1.39. The minimum atomic E-state index is -0.814. The average Bonchev–Trinajstić information content (AvgIpc) is 2.36. The maximum absolute atomic E-state index is 11.2. The SMILES string of the molecule is Cn1[nH]c(=O)c(=O)nc1SCc1ccc(O)c(N)c1. The minimum Gasteiger partial charge on any atom is -0.506 e. The number of hydrogen-bond donors (Lipinski definition) is 3. The summed E-state index contributed by atoms with van der Waals surface area (Å²) in [4.78, 5) is 25.9. The highest BCUT2D eigenvalue weighted by Crippen LogP contribution is 2.24. The number of nitrogen functional groups attached to an aromatic ring is 1. The van der Waals surface area contributed by atoms with Gasteiger partial charge in [-0.15, -0.1) is 0 Å². The molecule has 1 aromatic carbocycles. The van der Waals surface area contributed by atoms with Gasteiger partial charge in [0.05, 0.1) is 5.69 Å². The zero-order chi connectivity index (χ0) is 14.0. The molecule has 0 saturated carbocycles. The second-order valence-corrected chi connectivity index (χ2v) is 4.82. The minimum absolute atomic E-state index is 0.0308. The second-order valence-electron chi connectivity index (χ2n) is 3.88. The van der Waals surface area contributed by atoms with Gasteiger partial charge in [0.1, 0.15) is 5.75 Å². The van der Waals surface area contributed by atoms with Crippen LogP contribution in [0.2, 0.25) is 0 Å². The van der Waals surface area contributed by atoms with Gasteiger partial charge in [-0.25, -0.2) is 0 Å². The van der Waals surface area contributed by atoms with Crippen molar-refractivity contribution in [2.75, 3.05) is 5.73 Å². The first-order valence-corrected chi connectivity index (χ1v) is 6.33. The lowest BCUT2D eigenvalue weighted by molar-refractivity contribution is 0.478. The van der Waals surface area contributed by atoms with Gasteiger partial charge >= 0.3 is 11.1 Å². The van der Waals surface area contributed by atoms with Crippen LogP contribution in [0, 0.1) is 0 Å². The van der Waals surface area contributed by atoms with Crippen molar-refractivity contribution in [3.63, 3.8) is 0 Å². The molecule has 4 N–H and O–H groups in total. The number of anilines is 1. The van der Waals surface area contributed by atoms with E-state index in [1.54, 1.807) is 19.2 Å². The zero-order valence-corrected chi connectivity index (χ0v) is 10.9. The van der Waals surface area contributed by atoms with Crippen molar-refractivity contribution in [3.8, 4) is 5.75 Å². The quantitative estimate of drug-likeness (QED) is 0.317. The maximum Gasteiger partial charge on any atom is 0.339 e. The van der Waals surface area contributed by atoms with Crippen LogP contribution < -0.4 is 16.9 Å². The van der Waals surface area contributed by atoms with Crippen molar-refractivity contribution in [1.29, 1.82) is 0 Å². The van der Waals surface area contributed by atoms with Crippen LogP contribution in [-0.4, -0.2) is 19.9 Å². The molecule has 0 aliphatic rings. The number of phenols is 1. The van der Waals surface area contributed by atoms with Gasteiger partial charge in [-0.05, 0) is 17.7 Å². The number of hydrogen-bond acceptors (Lipinski definition) is 6. The van der Waals surface area contributed by atoms with E-state index in [9.17, 15) is 14.7 Å². The lowest BCUT2D eigenvalue weighted by Crippen LogP contribution is -2.33. The average molecular weight is 280 g/mol. The Balaban J connectivity index is 2.19. The number of benzene rings is 1. The lowest BCUT2D eigenvalue weighted by Gasteiger charge is -2.06. The molecule has 2 rings (SSSR count). The second kappa shape index (κ2) is 5.19. The molecule has 0 aliphatic carbocycles. The van der Waals surface area contributed by atoms with E-state index in [1.807, 2.05) is 0 Å². The summed E-state index contributed by atoms with van der Waals surface area (Å²) in [7, 11) is 1.60. The van der Waals surface area contributed by atoms with Crippen molar-refractivity contribution in [2.24, 2.45) is 7.05 Å². The van der Waals surface area contributed by atoms with Gasteiger partial charge in [-0.3, -0.25) is 19.4 Å². The molecule has 1 heterocycles. The standard InChI is InChI=1S/C11H12N4O3S/c1-15-11(13-9(17)10(18)14-15)19-5-6-2-3-8(16)7(12)4-6/h2-4,16H,5,12H2,1H3,(H,14,18). The number of aromatic hydroxyl groups is 1. The Labute approximate surface area is 112 Å². The predicted molar refractivity (Wildman–Crippen MR) is 72.2 cm³/mol. The summed E-state index contributed by atoms with van der Waals surface area (Å²) >= 11 is 1.28. The van der Waals surface area contributed by atoms with Gasteiger partial charge in [0.15, 0.2) is 5.16 Å². The first kappa shape index (κ1) is 13.2. The summed E-state index contributed by atoms with van der Waals surface area (Å²) in [6, 6.07) is 4.87. The van der Waals surface area contributed by atoms with E-state index in [2.05, 4.69) is 10.1 Å². The third kappa shape index (κ3) is 2.97. The van der Waals surface area contributed by atoms with Gasteiger partial charge in [0.25, 0.3) is 0 Å². The van der Waals surface area contributed by atoms with Crippen LogP contribution in [0.15, 0.2) is 32.9 Å². The number of H-pyrrole nitrogens is 1. The highest BCUT2D eigenvalue weighted by Gasteiger charge is 2.06. The fourth-order valence-electron chi connectivity index (χ4n) is 1.43. The summed E-state index contributed by atoms with van der Waals surface area (Å²) in [6.45, 7) is 0. The molecule has 8 heteroatoms. The number of aryl methyl sites for hydroxylation is 1. The topological polar surface area (TPSA) is 114 Å².